The number of nitrogens with one attached hydrogen (secondary N) is 2. The molecule has 2 aromatic heterocycles. The average molecular weight is 393 g/mol. The van der Waals surface area contributed by atoms with Crippen LogP contribution >= 0.6 is 11.3 Å². The van der Waals surface area contributed by atoms with Crippen molar-refractivity contribution in [3.8, 4) is 5.75 Å². The Morgan fingerprint density at radius 3 is 2.71 bits per heavy atom. The summed E-state index contributed by atoms with van der Waals surface area (Å²) in [6.07, 6.45) is 0.682. The van der Waals surface area contributed by atoms with Gasteiger partial charge in [-0.3, -0.25) is 4.79 Å². The number of rotatable bonds is 6. The number of hydrogen-bond acceptors (Lipinski definition) is 6. The van der Waals surface area contributed by atoms with Gasteiger partial charge < -0.3 is 20.3 Å². The van der Waals surface area contributed by atoms with Gasteiger partial charge in [0.05, 0.1) is 11.0 Å². The zero-order valence-corrected chi connectivity index (χ0v) is 16.0. The molecule has 28 heavy (non-hydrogen) atoms. The molecular weight excluding hydrogens is 374 g/mol. The number of nitrogens with zero attached hydrogens (tertiary/aromatic N) is 3. The number of benzene rings is 2. The fraction of sp³-hybridized carbons (Fsp3) is 0.150. The molecule has 0 radical (unpaired) electrons. The minimum absolute atomic E-state index is 0.215. The van der Waals surface area contributed by atoms with Crippen molar-refractivity contribution in [3.63, 3.8) is 0 Å². The van der Waals surface area contributed by atoms with Crippen LogP contribution in [0.4, 0.5) is 11.1 Å². The molecule has 8 heteroatoms. The molecule has 2 aromatic carbocycles. The fourth-order valence-electron chi connectivity index (χ4n) is 2.86. The van der Waals surface area contributed by atoms with Crippen molar-refractivity contribution in [1.29, 1.82) is 0 Å². The number of phenolic OH excluding ortho intramolecular Hbond substituents is 1. The van der Waals surface area contributed by atoms with E-state index in [1.165, 1.54) is 11.3 Å². The summed E-state index contributed by atoms with van der Waals surface area (Å²) in [5, 5.41) is 17.7. The van der Waals surface area contributed by atoms with Gasteiger partial charge in [-0.2, -0.15) is 0 Å². The number of hydrogen-bond donors (Lipinski definition) is 3. The largest absolute Gasteiger partial charge is 0.508 e. The highest BCUT2D eigenvalue weighted by Crippen LogP contribution is 2.23. The summed E-state index contributed by atoms with van der Waals surface area (Å²) in [6.45, 7) is 0.495. The number of aromatic nitrogens is 3. The molecule has 0 aliphatic heterocycles. The molecule has 7 nitrogen and oxygen atoms in total. The number of aryl methyl sites for hydroxylation is 1. The van der Waals surface area contributed by atoms with Crippen molar-refractivity contribution in [1.82, 2.24) is 19.9 Å². The van der Waals surface area contributed by atoms with Gasteiger partial charge >= 0.3 is 0 Å². The molecule has 0 bridgehead atoms. The highest BCUT2D eigenvalue weighted by Gasteiger charge is 2.13. The quantitative estimate of drug-likeness (QED) is 0.467. The number of carbonyl (C=O) groups excluding carboxylic acids is 1. The van der Waals surface area contributed by atoms with Crippen LogP contribution in [0.5, 0.6) is 5.75 Å². The summed E-state index contributed by atoms with van der Waals surface area (Å²) < 4.78 is 1.95. The number of amides is 1. The van der Waals surface area contributed by atoms with Crippen LogP contribution in [0, 0.1) is 0 Å². The van der Waals surface area contributed by atoms with Gasteiger partial charge in [-0.1, -0.05) is 24.3 Å². The Bertz CT molecular complexity index is 1120. The van der Waals surface area contributed by atoms with E-state index in [9.17, 15) is 9.90 Å². The van der Waals surface area contributed by atoms with Crippen molar-refractivity contribution in [2.75, 3.05) is 11.9 Å². The lowest BCUT2D eigenvalue weighted by molar-refractivity contribution is 0.0950. The van der Waals surface area contributed by atoms with Gasteiger partial charge in [0, 0.05) is 19.0 Å². The Labute approximate surface area is 165 Å². The molecule has 142 valence electrons. The zero-order valence-electron chi connectivity index (χ0n) is 15.2. The van der Waals surface area contributed by atoms with Crippen LogP contribution in [0.15, 0.2) is 53.9 Å². The number of fused-ring (bicyclic) bond motifs is 1. The van der Waals surface area contributed by atoms with Crippen LogP contribution in [0.25, 0.3) is 11.0 Å². The third-order valence-electron chi connectivity index (χ3n) is 4.38. The number of aromatic hydroxyl groups is 1. The molecule has 0 unspecified atom stereocenters. The Morgan fingerprint density at radius 1 is 1.14 bits per heavy atom. The molecule has 0 atom stereocenters. The number of imidazole rings is 1. The average Bonchev–Trinajstić information content (AvgIpc) is 3.29. The molecule has 0 saturated heterocycles. The van der Waals surface area contributed by atoms with E-state index in [4.69, 9.17) is 0 Å². The smallest absolute Gasteiger partial charge is 0.270 e. The number of thiazole rings is 1. The van der Waals surface area contributed by atoms with E-state index in [1.807, 2.05) is 48.0 Å². The van der Waals surface area contributed by atoms with Crippen molar-refractivity contribution in [2.24, 2.45) is 7.05 Å². The Balaban J connectivity index is 1.37. The minimum atomic E-state index is -0.215. The normalized spacial score (nSPS) is 10.9. The molecule has 3 N–H and O–H groups in total. The van der Waals surface area contributed by atoms with E-state index in [-0.39, 0.29) is 11.7 Å². The Kier molecular flexibility index (Phi) is 4.94. The third kappa shape index (κ3) is 3.81. The van der Waals surface area contributed by atoms with E-state index in [1.54, 1.807) is 17.5 Å². The molecule has 4 aromatic rings. The monoisotopic (exact) mass is 393 g/mol. The molecule has 0 aliphatic rings. The van der Waals surface area contributed by atoms with E-state index in [2.05, 4.69) is 20.6 Å². The van der Waals surface area contributed by atoms with Gasteiger partial charge in [0.1, 0.15) is 11.4 Å². The lowest BCUT2D eigenvalue weighted by Gasteiger charge is -2.04. The predicted molar refractivity (Wildman–Crippen MR) is 110 cm³/mol. The number of para-hydroxylation sites is 2. The first-order chi connectivity index (χ1) is 13.6. The summed E-state index contributed by atoms with van der Waals surface area (Å²) >= 11 is 1.36. The van der Waals surface area contributed by atoms with Crippen LogP contribution in [0.2, 0.25) is 0 Å². The molecule has 2 heterocycles. The van der Waals surface area contributed by atoms with E-state index < -0.39 is 0 Å². The SMILES string of the molecule is Cn1c(Nc2nc(C(=O)NCCc3ccc(O)cc3)cs2)nc2ccccc21. The highest BCUT2D eigenvalue weighted by atomic mass is 32.1. The van der Waals surface area contributed by atoms with Gasteiger partial charge in [0.2, 0.25) is 5.95 Å². The van der Waals surface area contributed by atoms with Gasteiger partial charge in [0.25, 0.3) is 5.91 Å². The molecule has 0 saturated carbocycles. The second-order valence-electron chi connectivity index (χ2n) is 6.32. The molecule has 0 spiro atoms. The minimum Gasteiger partial charge on any atom is -0.508 e. The molecule has 0 aliphatic carbocycles. The topological polar surface area (TPSA) is 92.1 Å². The summed E-state index contributed by atoms with van der Waals surface area (Å²) in [5.41, 5.74) is 3.34. The van der Waals surface area contributed by atoms with Gasteiger partial charge in [0.15, 0.2) is 5.13 Å². The van der Waals surface area contributed by atoms with Gasteiger partial charge in [-0.15, -0.1) is 11.3 Å². The van der Waals surface area contributed by atoms with Crippen molar-refractivity contribution in [2.45, 2.75) is 6.42 Å². The van der Waals surface area contributed by atoms with Gasteiger partial charge in [-0.05, 0) is 36.2 Å². The highest BCUT2D eigenvalue weighted by molar-refractivity contribution is 7.14. The molecule has 4 rings (SSSR count). The van der Waals surface area contributed by atoms with Crippen molar-refractivity contribution >= 4 is 39.4 Å². The lowest BCUT2D eigenvalue weighted by Crippen LogP contribution is -2.25. The standard InChI is InChI=1S/C20H19N5O2S/c1-25-17-5-3-2-4-15(17)22-19(25)24-20-23-16(12-28-20)18(27)21-11-10-13-6-8-14(26)9-7-13/h2-9,12,26H,10-11H2,1H3,(H,21,27)(H,22,23,24). The summed E-state index contributed by atoms with van der Waals surface area (Å²) in [6, 6.07) is 14.8. The predicted octanol–water partition coefficient (Wildman–Crippen LogP) is 3.45. The second kappa shape index (κ2) is 7.69. The maximum absolute atomic E-state index is 12.3. The molecular formula is C20H19N5O2S. The second-order valence-corrected chi connectivity index (χ2v) is 7.18. The van der Waals surface area contributed by atoms with Crippen LogP contribution in [0.1, 0.15) is 16.1 Å². The first-order valence-corrected chi connectivity index (χ1v) is 9.68. The van der Waals surface area contributed by atoms with Crippen LogP contribution in [0.3, 0.4) is 0 Å². The Hall–Kier alpha value is -3.39. The summed E-state index contributed by atoms with van der Waals surface area (Å²) in [4.78, 5) is 21.2. The third-order valence-corrected chi connectivity index (χ3v) is 5.14. The van der Waals surface area contributed by atoms with Crippen molar-refractivity contribution in [3.05, 3.63) is 65.2 Å². The van der Waals surface area contributed by atoms with E-state index in [0.29, 0.717) is 29.7 Å². The van der Waals surface area contributed by atoms with E-state index >= 15 is 0 Å². The summed E-state index contributed by atoms with van der Waals surface area (Å²) in [5.74, 6) is 0.693. The fourth-order valence-corrected chi connectivity index (χ4v) is 3.55. The number of phenols is 1. The summed E-state index contributed by atoms with van der Waals surface area (Å²) in [7, 11) is 1.93. The van der Waals surface area contributed by atoms with E-state index in [0.717, 1.165) is 16.6 Å². The maximum Gasteiger partial charge on any atom is 0.270 e. The molecule has 0 fully saturated rings. The molecule has 1 amide bonds. The van der Waals surface area contributed by atoms with Crippen LogP contribution in [-0.2, 0) is 13.5 Å². The number of anilines is 2. The zero-order chi connectivity index (χ0) is 19.5. The maximum atomic E-state index is 12.3. The van der Waals surface area contributed by atoms with Crippen LogP contribution < -0.4 is 10.6 Å². The Morgan fingerprint density at radius 2 is 1.93 bits per heavy atom. The van der Waals surface area contributed by atoms with Gasteiger partial charge in [-0.25, -0.2) is 9.97 Å². The lowest BCUT2D eigenvalue weighted by atomic mass is 10.1. The van der Waals surface area contributed by atoms with Crippen LogP contribution in [-0.4, -0.2) is 32.1 Å². The van der Waals surface area contributed by atoms with Crippen molar-refractivity contribution < 1.29 is 9.90 Å². The first kappa shape index (κ1) is 18.0. The number of carbonyl (C=O) groups is 1. The first-order valence-electron chi connectivity index (χ1n) is 8.80.